The van der Waals surface area contributed by atoms with E-state index in [1.54, 1.807) is 0 Å². The predicted molar refractivity (Wildman–Crippen MR) is 79.8 cm³/mol. The van der Waals surface area contributed by atoms with Crippen LogP contribution in [0.5, 0.6) is 0 Å². The second kappa shape index (κ2) is 5.92. The van der Waals surface area contributed by atoms with E-state index in [2.05, 4.69) is 52.8 Å². The van der Waals surface area contributed by atoms with Gasteiger partial charge in [0.25, 0.3) is 0 Å². The number of aryl methyl sites for hydroxylation is 2. The number of thioether (sulfide) groups is 1. The fourth-order valence-corrected chi connectivity index (χ4v) is 2.74. The van der Waals surface area contributed by atoms with Crippen LogP contribution >= 0.6 is 11.8 Å². The molecular weight excluding hydrogens is 226 g/mol. The number of nitrogens with two attached hydrogens (primary N) is 1. The van der Waals surface area contributed by atoms with Crippen LogP contribution in [0.15, 0.2) is 18.2 Å². The van der Waals surface area contributed by atoms with Crippen molar-refractivity contribution in [2.24, 2.45) is 5.73 Å². The van der Waals surface area contributed by atoms with Gasteiger partial charge in [0, 0.05) is 16.5 Å². The first-order valence-corrected chi connectivity index (χ1v) is 7.21. The van der Waals surface area contributed by atoms with Gasteiger partial charge in [-0.25, -0.2) is 0 Å². The van der Waals surface area contributed by atoms with E-state index < -0.39 is 0 Å². The van der Waals surface area contributed by atoms with Gasteiger partial charge < -0.3 is 5.73 Å². The summed E-state index contributed by atoms with van der Waals surface area (Å²) in [4.78, 5) is 0. The van der Waals surface area contributed by atoms with Crippen LogP contribution in [0.2, 0.25) is 0 Å². The summed E-state index contributed by atoms with van der Waals surface area (Å²) < 4.78 is 0.306. The molecule has 1 rings (SSSR count). The van der Waals surface area contributed by atoms with E-state index in [4.69, 9.17) is 5.73 Å². The molecule has 0 bridgehead atoms. The minimum Gasteiger partial charge on any atom is -0.327 e. The van der Waals surface area contributed by atoms with Crippen LogP contribution < -0.4 is 5.73 Å². The fraction of sp³-hybridized carbons (Fsp3) is 0.600. The predicted octanol–water partition coefficient (Wildman–Crippen LogP) is 3.70. The first-order chi connectivity index (χ1) is 7.76. The van der Waals surface area contributed by atoms with Crippen molar-refractivity contribution >= 4 is 11.8 Å². The Morgan fingerprint density at radius 2 is 1.65 bits per heavy atom. The summed E-state index contributed by atoms with van der Waals surface area (Å²) in [5.41, 5.74) is 10.2. The van der Waals surface area contributed by atoms with Crippen molar-refractivity contribution in [2.45, 2.75) is 51.8 Å². The van der Waals surface area contributed by atoms with Crippen LogP contribution in [0, 0.1) is 13.8 Å². The highest BCUT2D eigenvalue weighted by Crippen LogP contribution is 2.24. The average Bonchev–Trinajstić information content (AvgIpc) is 2.11. The van der Waals surface area contributed by atoms with Crippen molar-refractivity contribution in [1.29, 1.82) is 0 Å². The summed E-state index contributed by atoms with van der Waals surface area (Å²) >= 11 is 1.94. The Hall–Kier alpha value is -0.470. The molecule has 96 valence electrons. The van der Waals surface area contributed by atoms with Gasteiger partial charge in [0.1, 0.15) is 0 Å². The lowest BCUT2D eigenvalue weighted by atomic mass is 10.0. The Morgan fingerprint density at radius 1 is 1.12 bits per heavy atom. The molecule has 0 aliphatic rings. The van der Waals surface area contributed by atoms with Crippen LogP contribution in [0.3, 0.4) is 0 Å². The molecule has 0 radical (unpaired) electrons. The quantitative estimate of drug-likeness (QED) is 0.883. The monoisotopic (exact) mass is 251 g/mol. The minimum atomic E-state index is 0.250. The molecule has 0 fully saturated rings. The van der Waals surface area contributed by atoms with Gasteiger partial charge in [0.15, 0.2) is 0 Å². The highest BCUT2D eigenvalue weighted by molar-refractivity contribution is 8.00. The van der Waals surface area contributed by atoms with Crippen LogP contribution in [0.1, 0.15) is 37.5 Å². The van der Waals surface area contributed by atoms with Crippen molar-refractivity contribution in [3.63, 3.8) is 0 Å². The summed E-state index contributed by atoms with van der Waals surface area (Å²) in [5.74, 6) is 1.02. The zero-order valence-corrected chi connectivity index (χ0v) is 12.5. The molecule has 1 unspecified atom stereocenters. The first kappa shape index (κ1) is 14.6. The Balaban J connectivity index is 2.53. The first-order valence-electron chi connectivity index (χ1n) is 6.23. The molecular formula is C15H25NS. The van der Waals surface area contributed by atoms with Gasteiger partial charge in [-0.15, -0.1) is 0 Å². The van der Waals surface area contributed by atoms with E-state index in [0.29, 0.717) is 4.75 Å². The van der Waals surface area contributed by atoms with Gasteiger partial charge in [0.2, 0.25) is 0 Å². The molecule has 0 amide bonds. The molecule has 0 aliphatic carbocycles. The van der Waals surface area contributed by atoms with E-state index >= 15 is 0 Å². The highest BCUT2D eigenvalue weighted by Gasteiger charge is 2.13. The largest absolute Gasteiger partial charge is 0.327 e. The zero-order chi connectivity index (χ0) is 13.1. The van der Waals surface area contributed by atoms with Crippen molar-refractivity contribution in [2.75, 3.05) is 5.75 Å². The van der Waals surface area contributed by atoms with Gasteiger partial charge in [-0.3, -0.25) is 0 Å². The summed E-state index contributed by atoms with van der Waals surface area (Å²) in [6, 6.07) is 6.95. The minimum absolute atomic E-state index is 0.250. The second-order valence-electron chi connectivity index (χ2n) is 5.88. The van der Waals surface area contributed by atoms with E-state index in [-0.39, 0.29) is 6.04 Å². The van der Waals surface area contributed by atoms with E-state index in [1.807, 2.05) is 11.8 Å². The normalized spacial score (nSPS) is 13.8. The fourth-order valence-electron chi connectivity index (χ4n) is 1.91. The average molecular weight is 251 g/mol. The van der Waals surface area contributed by atoms with Crippen LogP contribution in [-0.2, 0) is 6.42 Å². The summed E-state index contributed by atoms with van der Waals surface area (Å²) in [6.45, 7) is 11.0. The summed E-state index contributed by atoms with van der Waals surface area (Å²) in [7, 11) is 0. The second-order valence-corrected chi connectivity index (χ2v) is 7.73. The van der Waals surface area contributed by atoms with E-state index in [1.165, 1.54) is 16.7 Å². The maximum atomic E-state index is 6.19. The van der Waals surface area contributed by atoms with Gasteiger partial charge in [-0.1, -0.05) is 50.1 Å². The highest BCUT2D eigenvalue weighted by atomic mass is 32.2. The lowest BCUT2D eigenvalue weighted by Gasteiger charge is -2.20. The molecule has 0 aromatic heterocycles. The lowest BCUT2D eigenvalue weighted by molar-refractivity contribution is 0.733. The Labute approximate surface area is 110 Å². The van der Waals surface area contributed by atoms with Crippen molar-refractivity contribution < 1.29 is 0 Å². The van der Waals surface area contributed by atoms with E-state index in [9.17, 15) is 0 Å². The number of benzene rings is 1. The van der Waals surface area contributed by atoms with Crippen LogP contribution in [-0.4, -0.2) is 16.5 Å². The Bertz CT molecular complexity index is 345. The van der Waals surface area contributed by atoms with Gasteiger partial charge in [-0.05, 0) is 25.8 Å². The lowest BCUT2D eigenvalue weighted by Crippen LogP contribution is -2.28. The molecule has 17 heavy (non-hydrogen) atoms. The van der Waals surface area contributed by atoms with Crippen LogP contribution in [0.25, 0.3) is 0 Å². The van der Waals surface area contributed by atoms with Gasteiger partial charge in [0.05, 0.1) is 0 Å². The zero-order valence-electron chi connectivity index (χ0n) is 11.7. The van der Waals surface area contributed by atoms with Gasteiger partial charge in [-0.2, -0.15) is 11.8 Å². The van der Waals surface area contributed by atoms with Crippen molar-refractivity contribution in [1.82, 2.24) is 0 Å². The number of hydrogen-bond donors (Lipinski definition) is 1. The summed E-state index contributed by atoms with van der Waals surface area (Å²) in [5, 5.41) is 0. The molecule has 0 saturated carbocycles. The third-order valence-corrected chi connectivity index (χ3v) is 3.97. The third kappa shape index (κ3) is 6.13. The molecule has 1 aromatic rings. The van der Waals surface area contributed by atoms with E-state index in [0.717, 1.165) is 12.2 Å². The maximum absolute atomic E-state index is 6.19. The Morgan fingerprint density at radius 3 is 2.12 bits per heavy atom. The van der Waals surface area contributed by atoms with Gasteiger partial charge >= 0.3 is 0 Å². The maximum Gasteiger partial charge on any atom is 0.0171 e. The third-order valence-electron chi connectivity index (χ3n) is 2.51. The molecule has 2 N–H and O–H groups in total. The van der Waals surface area contributed by atoms with Crippen molar-refractivity contribution in [3.05, 3.63) is 34.9 Å². The molecule has 0 saturated heterocycles. The molecule has 0 spiro atoms. The molecule has 1 atom stereocenters. The number of rotatable bonds is 4. The molecule has 2 heteroatoms. The molecule has 0 heterocycles. The SMILES string of the molecule is Cc1cc(C)cc(CC(N)CSC(C)(C)C)c1. The molecule has 0 aliphatic heterocycles. The Kier molecular flexibility index (Phi) is 5.08. The molecule has 1 nitrogen and oxygen atoms in total. The topological polar surface area (TPSA) is 26.0 Å². The molecule has 1 aromatic carbocycles. The number of hydrogen-bond acceptors (Lipinski definition) is 2. The van der Waals surface area contributed by atoms with Crippen LogP contribution in [0.4, 0.5) is 0 Å². The van der Waals surface area contributed by atoms with Crippen molar-refractivity contribution in [3.8, 4) is 0 Å². The smallest absolute Gasteiger partial charge is 0.0171 e. The summed E-state index contributed by atoms with van der Waals surface area (Å²) in [6.07, 6.45) is 0.978. The standard InChI is InChI=1S/C15H25NS/c1-11-6-12(2)8-13(7-11)9-14(16)10-17-15(3,4)5/h6-8,14H,9-10,16H2,1-5H3.